The molecule has 1 saturated heterocycles. The molecule has 0 bridgehead atoms. The average Bonchev–Trinajstić information content (AvgIpc) is 2.81. The van der Waals surface area contributed by atoms with Crippen molar-refractivity contribution in [3.8, 4) is 0 Å². The second-order valence-corrected chi connectivity index (χ2v) is 8.88. The molecule has 1 atom stereocenters. The van der Waals surface area contributed by atoms with Gasteiger partial charge >= 0.3 is 11.9 Å². The molecule has 1 N–H and O–H groups in total. The van der Waals surface area contributed by atoms with Crippen LogP contribution in [0.2, 0.25) is 0 Å². The fourth-order valence-corrected chi connectivity index (χ4v) is 3.92. The van der Waals surface area contributed by atoms with Crippen LogP contribution in [0, 0.1) is 0 Å². The van der Waals surface area contributed by atoms with Gasteiger partial charge in [0.2, 0.25) is 16.1 Å². The van der Waals surface area contributed by atoms with E-state index in [1.165, 1.54) is 18.2 Å². The molecule has 1 aromatic carbocycles. The number of carbonyl (C=O) groups is 2. The summed E-state index contributed by atoms with van der Waals surface area (Å²) >= 11 is 3.19. The molecule has 1 aliphatic heterocycles. The quantitative estimate of drug-likeness (QED) is 0.749. The Labute approximate surface area is 148 Å². The van der Waals surface area contributed by atoms with E-state index >= 15 is 0 Å². The molecular weight excluding hydrogens is 402 g/mol. The Kier molecular flexibility index (Phi) is 5.36. The normalized spacial score (nSPS) is 18.3. The summed E-state index contributed by atoms with van der Waals surface area (Å²) in [4.78, 5) is 23.6. The standard InChI is InChI=1S/C15H18BrNO6S/c1-15(2,3)17-24(20,21)9-4-5-11(16)10(8-9)13(18)23-12-6-7-22-14(12)19/h4-5,8,12,17H,6-7H2,1-3H3. The third kappa shape index (κ3) is 4.55. The molecule has 1 fully saturated rings. The number of nitrogens with one attached hydrogen (secondary N) is 1. The van der Waals surface area contributed by atoms with Crippen molar-refractivity contribution in [2.24, 2.45) is 0 Å². The topological polar surface area (TPSA) is 98.8 Å². The van der Waals surface area contributed by atoms with Crippen molar-refractivity contribution in [3.63, 3.8) is 0 Å². The van der Waals surface area contributed by atoms with E-state index in [2.05, 4.69) is 20.7 Å². The highest BCUT2D eigenvalue weighted by Gasteiger charge is 2.31. The molecule has 0 saturated carbocycles. The van der Waals surface area contributed by atoms with Crippen LogP contribution >= 0.6 is 15.9 Å². The van der Waals surface area contributed by atoms with Crippen molar-refractivity contribution in [3.05, 3.63) is 28.2 Å². The van der Waals surface area contributed by atoms with Crippen LogP contribution in [0.25, 0.3) is 0 Å². The Morgan fingerprint density at radius 2 is 2.04 bits per heavy atom. The zero-order valence-electron chi connectivity index (χ0n) is 13.5. The van der Waals surface area contributed by atoms with Crippen molar-refractivity contribution >= 4 is 37.9 Å². The second kappa shape index (κ2) is 6.81. The van der Waals surface area contributed by atoms with Crippen LogP contribution in [0.4, 0.5) is 0 Å². The highest BCUT2D eigenvalue weighted by Crippen LogP contribution is 2.24. The monoisotopic (exact) mass is 419 g/mol. The Balaban J connectivity index is 2.28. The van der Waals surface area contributed by atoms with Gasteiger partial charge in [0.05, 0.1) is 17.1 Å². The van der Waals surface area contributed by atoms with Gasteiger partial charge in [0, 0.05) is 16.4 Å². The number of hydrogen-bond acceptors (Lipinski definition) is 6. The predicted molar refractivity (Wildman–Crippen MR) is 89.0 cm³/mol. The van der Waals surface area contributed by atoms with E-state index in [0.717, 1.165) is 0 Å². The first-order chi connectivity index (χ1) is 11.0. The molecule has 0 amide bonds. The maximum atomic E-state index is 12.4. The van der Waals surface area contributed by atoms with Gasteiger partial charge in [-0.15, -0.1) is 0 Å². The number of hydrogen-bond donors (Lipinski definition) is 1. The number of carbonyl (C=O) groups excluding carboxylic acids is 2. The lowest BCUT2D eigenvalue weighted by Crippen LogP contribution is -2.40. The Morgan fingerprint density at radius 1 is 1.38 bits per heavy atom. The molecule has 1 unspecified atom stereocenters. The van der Waals surface area contributed by atoms with Gasteiger partial charge in [-0.3, -0.25) is 0 Å². The van der Waals surface area contributed by atoms with Gasteiger partial charge in [-0.2, -0.15) is 0 Å². The Hall–Kier alpha value is -1.45. The summed E-state index contributed by atoms with van der Waals surface area (Å²) in [5, 5.41) is 0. The molecule has 1 aliphatic rings. The minimum atomic E-state index is -3.80. The number of sulfonamides is 1. The number of esters is 2. The molecule has 0 radical (unpaired) electrons. The van der Waals surface area contributed by atoms with Crippen LogP contribution in [0.1, 0.15) is 37.6 Å². The summed E-state index contributed by atoms with van der Waals surface area (Å²) in [5.74, 6) is -1.39. The van der Waals surface area contributed by atoms with Crippen molar-refractivity contribution in [2.45, 2.75) is 43.7 Å². The predicted octanol–water partition coefficient (Wildman–Crippen LogP) is 2.00. The van der Waals surface area contributed by atoms with E-state index < -0.39 is 33.6 Å². The van der Waals surface area contributed by atoms with Crippen LogP contribution in [0.5, 0.6) is 0 Å². The minimum Gasteiger partial charge on any atom is -0.463 e. The van der Waals surface area contributed by atoms with E-state index in [9.17, 15) is 18.0 Å². The molecule has 7 nitrogen and oxygen atoms in total. The smallest absolute Gasteiger partial charge is 0.347 e. The lowest BCUT2D eigenvalue weighted by atomic mass is 10.1. The zero-order valence-corrected chi connectivity index (χ0v) is 15.9. The molecule has 0 spiro atoms. The van der Waals surface area contributed by atoms with E-state index in [-0.39, 0.29) is 23.5 Å². The summed E-state index contributed by atoms with van der Waals surface area (Å²) in [6.45, 7) is 5.33. The summed E-state index contributed by atoms with van der Waals surface area (Å²) in [5.41, 5.74) is -0.647. The molecular formula is C15H18BrNO6S. The number of halogens is 1. The highest BCUT2D eigenvalue weighted by atomic mass is 79.9. The van der Waals surface area contributed by atoms with Crippen molar-refractivity contribution in [1.29, 1.82) is 0 Å². The maximum Gasteiger partial charge on any atom is 0.347 e. The lowest BCUT2D eigenvalue weighted by molar-refractivity contribution is -0.145. The number of benzene rings is 1. The first-order valence-electron chi connectivity index (χ1n) is 7.21. The molecule has 1 heterocycles. The average molecular weight is 420 g/mol. The number of rotatable bonds is 4. The maximum absolute atomic E-state index is 12.4. The Bertz CT molecular complexity index is 769. The summed E-state index contributed by atoms with van der Waals surface area (Å²) < 4.78 is 37.5. The zero-order chi connectivity index (χ0) is 18.1. The lowest BCUT2D eigenvalue weighted by Gasteiger charge is -2.20. The van der Waals surface area contributed by atoms with Gasteiger partial charge in [0.1, 0.15) is 0 Å². The molecule has 132 valence electrons. The van der Waals surface area contributed by atoms with Gasteiger partial charge in [-0.1, -0.05) is 0 Å². The third-order valence-electron chi connectivity index (χ3n) is 3.05. The van der Waals surface area contributed by atoms with E-state index in [4.69, 9.17) is 9.47 Å². The van der Waals surface area contributed by atoms with Gasteiger partial charge < -0.3 is 9.47 Å². The molecule has 24 heavy (non-hydrogen) atoms. The third-order valence-corrected chi connectivity index (χ3v) is 5.49. The Morgan fingerprint density at radius 3 is 2.58 bits per heavy atom. The molecule has 2 rings (SSSR count). The van der Waals surface area contributed by atoms with Gasteiger partial charge in [0.25, 0.3) is 0 Å². The largest absolute Gasteiger partial charge is 0.463 e. The van der Waals surface area contributed by atoms with Gasteiger partial charge in [-0.05, 0) is 54.9 Å². The fraction of sp³-hybridized carbons (Fsp3) is 0.467. The van der Waals surface area contributed by atoms with Gasteiger partial charge in [-0.25, -0.2) is 22.7 Å². The first kappa shape index (κ1) is 18.9. The van der Waals surface area contributed by atoms with E-state index in [1.54, 1.807) is 20.8 Å². The van der Waals surface area contributed by atoms with E-state index in [0.29, 0.717) is 4.47 Å². The molecule has 9 heteroatoms. The number of cyclic esters (lactones) is 1. The molecule has 1 aromatic rings. The van der Waals surface area contributed by atoms with Crippen LogP contribution in [-0.4, -0.2) is 38.6 Å². The minimum absolute atomic E-state index is 0.0199. The number of ether oxygens (including phenoxy) is 2. The summed E-state index contributed by atoms with van der Waals surface area (Å²) in [7, 11) is -3.80. The second-order valence-electron chi connectivity index (χ2n) is 6.35. The van der Waals surface area contributed by atoms with E-state index in [1.807, 2.05) is 0 Å². The van der Waals surface area contributed by atoms with Crippen molar-refractivity contribution < 1.29 is 27.5 Å². The SMILES string of the molecule is CC(C)(C)NS(=O)(=O)c1ccc(Br)c(C(=O)OC2CCOC2=O)c1. The molecule has 0 aromatic heterocycles. The first-order valence-corrected chi connectivity index (χ1v) is 9.48. The van der Waals surface area contributed by atoms with Crippen LogP contribution in [-0.2, 0) is 24.3 Å². The highest BCUT2D eigenvalue weighted by molar-refractivity contribution is 9.10. The van der Waals surface area contributed by atoms with Crippen LogP contribution < -0.4 is 4.72 Å². The van der Waals surface area contributed by atoms with Gasteiger partial charge in [0.15, 0.2) is 0 Å². The van der Waals surface area contributed by atoms with Crippen molar-refractivity contribution in [2.75, 3.05) is 6.61 Å². The van der Waals surface area contributed by atoms with Crippen LogP contribution in [0.15, 0.2) is 27.6 Å². The summed E-state index contributed by atoms with van der Waals surface area (Å²) in [6, 6.07) is 4.03. The van der Waals surface area contributed by atoms with Crippen molar-refractivity contribution in [1.82, 2.24) is 4.72 Å². The van der Waals surface area contributed by atoms with Crippen LogP contribution in [0.3, 0.4) is 0 Å². The molecule has 0 aliphatic carbocycles. The summed E-state index contributed by atoms with van der Waals surface area (Å²) in [6.07, 6.45) is -0.677. The fourth-order valence-electron chi connectivity index (χ4n) is 2.07.